The minimum atomic E-state index is -3.51. The second kappa shape index (κ2) is 11.8. The Morgan fingerprint density at radius 3 is 2.37 bits per heavy atom. The van der Waals surface area contributed by atoms with E-state index in [0.29, 0.717) is 31.2 Å². The molecule has 2 aliphatic rings. The highest BCUT2D eigenvalue weighted by Crippen LogP contribution is 2.24. The maximum atomic E-state index is 12.9. The number of halogens is 3. The van der Waals surface area contributed by atoms with Crippen molar-refractivity contribution in [2.75, 3.05) is 52.5 Å². The maximum absolute atomic E-state index is 12.9. The predicted octanol–water partition coefficient (Wildman–Crippen LogP) is 1.75. The smallest absolute Gasteiger partial charge is 0.243 e. The zero-order chi connectivity index (χ0) is 18.9. The Kier molecular flexibility index (Phi) is 10.8. The molecule has 2 fully saturated rings. The molecule has 12 heteroatoms. The van der Waals surface area contributed by atoms with E-state index in [1.54, 1.807) is 12.1 Å². The zero-order valence-electron chi connectivity index (χ0n) is 16.9. The number of nitrogens with zero attached hydrogens (tertiary/aromatic N) is 4. The number of aromatic nitrogens is 2. The van der Waals surface area contributed by atoms with Crippen LogP contribution in [-0.4, -0.2) is 79.7 Å². The highest BCUT2D eigenvalue weighted by molar-refractivity contribution is 7.89. The lowest BCUT2D eigenvalue weighted by Crippen LogP contribution is -2.43. The average Bonchev–Trinajstić information content (AvgIpc) is 3.05. The molecule has 172 valence electrons. The van der Waals surface area contributed by atoms with Gasteiger partial charge in [0, 0.05) is 45.8 Å². The summed E-state index contributed by atoms with van der Waals surface area (Å²) in [6, 6.07) is 5.31. The number of hydrogen-bond donors (Lipinski definition) is 1. The van der Waals surface area contributed by atoms with Crippen LogP contribution in [0.25, 0.3) is 11.0 Å². The first-order chi connectivity index (χ1) is 13.1. The van der Waals surface area contributed by atoms with Crippen LogP contribution >= 0.6 is 37.2 Å². The van der Waals surface area contributed by atoms with Crippen LogP contribution in [0.4, 0.5) is 0 Å². The molecule has 2 saturated heterocycles. The molecule has 2 aromatic rings. The second-order valence-corrected chi connectivity index (χ2v) is 8.90. The van der Waals surface area contributed by atoms with Crippen molar-refractivity contribution in [2.24, 2.45) is 0 Å². The molecule has 8 nitrogen and oxygen atoms in total. The number of rotatable bonds is 5. The normalized spacial score (nSPS) is 18.3. The van der Waals surface area contributed by atoms with E-state index in [4.69, 9.17) is 9.72 Å². The summed E-state index contributed by atoms with van der Waals surface area (Å²) in [6.07, 6.45) is 0. The molecule has 0 amide bonds. The van der Waals surface area contributed by atoms with Crippen LogP contribution in [0.1, 0.15) is 12.7 Å². The topological polar surface area (TPSA) is 79.7 Å². The van der Waals surface area contributed by atoms with Gasteiger partial charge in [0.1, 0.15) is 5.82 Å². The fourth-order valence-electron chi connectivity index (χ4n) is 3.80. The molecule has 0 atom stereocenters. The van der Waals surface area contributed by atoms with E-state index in [0.717, 1.165) is 56.1 Å². The summed E-state index contributed by atoms with van der Waals surface area (Å²) >= 11 is 0. The summed E-state index contributed by atoms with van der Waals surface area (Å²) in [4.78, 5) is 7.49. The third-order valence-electron chi connectivity index (χ3n) is 5.30. The number of fused-ring (bicyclic) bond motifs is 1. The van der Waals surface area contributed by atoms with E-state index in [1.807, 2.05) is 6.07 Å². The van der Waals surface area contributed by atoms with Crippen molar-refractivity contribution in [1.82, 2.24) is 24.1 Å². The van der Waals surface area contributed by atoms with E-state index >= 15 is 0 Å². The van der Waals surface area contributed by atoms with Crippen LogP contribution in [0.3, 0.4) is 0 Å². The number of hydrogen-bond acceptors (Lipinski definition) is 6. The van der Waals surface area contributed by atoms with Gasteiger partial charge in [-0.2, -0.15) is 4.31 Å². The van der Waals surface area contributed by atoms with Gasteiger partial charge in [-0.25, -0.2) is 13.4 Å². The molecule has 3 heterocycles. The van der Waals surface area contributed by atoms with Crippen molar-refractivity contribution < 1.29 is 13.2 Å². The second-order valence-electron chi connectivity index (χ2n) is 6.97. The van der Waals surface area contributed by atoms with Gasteiger partial charge in [-0.3, -0.25) is 4.90 Å². The van der Waals surface area contributed by atoms with Crippen molar-refractivity contribution in [1.29, 1.82) is 0 Å². The number of sulfonamides is 1. The summed E-state index contributed by atoms with van der Waals surface area (Å²) in [5, 5.41) is 3.36. The average molecular weight is 503 g/mol. The number of piperazine rings is 1. The first-order valence-electron chi connectivity index (χ1n) is 9.59. The first-order valence-corrected chi connectivity index (χ1v) is 11.0. The van der Waals surface area contributed by atoms with Crippen LogP contribution in [0, 0.1) is 0 Å². The maximum Gasteiger partial charge on any atom is 0.243 e. The Balaban J connectivity index is 0.00000150. The third-order valence-corrected chi connectivity index (χ3v) is 7.19. The molecular formula is C18H30Cl3N5O3S. The first kappa shape index (κ1) is 27.4. The number of aryl methyl sites for hydroxylation is 1. The highest BCUT2D eigenvalue weighted by Gasteiger charge is 2.27. The molecule has 30 heavy (non-hydrogen) atoms. The lowest BCUT2D eigenvalue weighted by atomic mass is 10.3. The van der Waals surface area contributed by atoms with Crippen molar-refractivity contribution >= 4 is 58.3 Å². The summed E-state index contributed by atoms with van der Waals surface area (Å²) in [5.41, 5.74) is 1.74. The largest absolute Gasteiger partial charge is 0.379 e. The fourth-order valence-corrected chi connectivity index (χ4v) is 5.23. The number of benzene rings is 1. The van der Waals surface area contributed by atoms with E-state index in [-0.39, 0.29) is 37.2 Å². The van der Waals surface area contributed by atoms with E-state index in [2.05, 4.69) is 21.7 Å². The van der Waals surface area contributed by atoms with Gasteiger partial charge in [-0.05, 0) is 25.1 Å². The molecule has 0 radical (unpaired) electrons. The van der Waals surface area contributed by atoms with Crippen molar-refractivity contribution in [3.05, 3.63) is 24.0 Å². The Labute approximate surface area is 196 Å². The minimum absolute atomic E-state index is 0. The number of nitrogens with one attached hydrogen (secondary N) is 1. The molecule has 0 unspecified atom stereocenters. The lowest BCUT2D eigenvalue weighted by Gasteiger charge is -2.26. The van der Waals surface area contributed by atoms with Crippen LogP contribution in [-0.2, 0) is 27.8 Å². The van der Waals surface area contributed by atoms with Crippen LogP contribution in [0.5, 0.6) is 0 Å². The zero-order valence-corrected chi connectivity index (χ0v) is 20.2. The van der Waals surface area contributed by atoms with Gasteiger partial charge in [0.2, 0.25) is 10.0 Å². The molecule has 1 N–H and O–H groups in total. The van der Waals surface area contributed by atoms with Gasteiger partial charge >= 0.3 is 0 Å². The molecule has 0 bridgehead atoms. The summed E-state index contributed by atoms with van der Waals surface area (Å²) < 4.78 is 34.8. The molecule has 1 aromatic heterocycles. The van der Waals surface area contributed by atoms with Gasteiger partial charge in [-0.1, -0.05) is 0 Å². The molecule has 1 aromatic carbocycles. The van der Waals surface area contributed by atoms with E-state index in [1.165, 1.54) is 4.31 Å². The van der Waals surface area contributed by atoms with Crippen molar-refractivity contribution in [2.45, 2.75) is 24.9 Å². The Morgan fingerprint density at radius 2 is 1.73 bits per heavy atom. The molecule has 0 aliphatic carbocycles. The van der Waals surface area contributed by atoms with Crippen LogP contribution in [0.2, 0.25) is 0 Å². The molecule has 4 rings (SSSR count). The van der Waals surface area contributed by atoms with E-state index < -0.39 is 10.0 Å². The standard InChI is InChI=1S/C18H27N5O3S.3ClH/c1-2-23-17-4-3-15(27(24,25)22-9-11-26-12-10-22)13-16(17)20-18(23)14-21-7-5-19-6-8-21;;;/h3-4,13,19H,2,5-12,14H2,1H3;3*1H. The molecular weight excluding hydrogens is 473 g/mol. The number of imidazole rings is 1. The SMILES string of the molecule is CCn1c(CN2CCNCC2)nc2cc(S(=O)(=O)N3CCOCC3)ccc21.Cl.Cl.Cl. The fraction of sp³-hybridized carbons (Fsp3) is 0.611. The van der Waals surface area contributed by atoms with Crippen molar-refractivity contribution in [3.8, 4) is 0 Å². The third kappa shape index (κ3) is 5.58. The van der Waals surface area contributed by atoms with Gasteiger partial charge < -0.3 is 14.6 Å². The summed E-state index contributed by atoms with van der Waals surface area (Å²) in [6.45, 7) is 9.39. The highest BCUT2D eigenvalue weighted by atomic mass is 35.5. The molecule has 0 spiro atoms. The minimum Gasteiger partial charge on any atom is -0.379 e. The van der Waals surface area contributed by atoms with E-state index in [9.17, 15) is 8.42 Å². The van der Waals surface area contributed by atoms with Crippen LogP contribution < -0.4 is 5.32 Å². The molecule has 2 aliphatic heterocycles. The summed E-state index contributed by atoms with van der Waals surface area (Å²) in [7, 11) is -3.51. The van der Waals surface area contributed by atoms with Gasteiger partial charge in [0.25, 0.3) is 0 Å². The lowest BCUT2D eigenvalue weighted by molar-refractivity contribution is 0.0730. The Hall–Kier alpha value is -0.650. The van der Waals surface area contributed by atoms with Crippen molar-refractivity contribution in [3.63, 3.8) is 0 Å². The van der Waals surface area contributed by atoms with Gasteiger partial charge in [0.15, 0.2) is 0 Å². The quantitative estimate of drug-likeness (QED) is 0.671. The number of morpholine rings is 1. The summed E-state index contributed by atoms with van der Waals surface area (Å²) in [5.74, 6) is 0.996. The van der Waals surface area contributed by atoms with Gasteiger partial charge in [0.05, 0.1) is 35.7 Å². The number of ether oxygens (including phenoxy) is 1. The monoisotopic (exact) mass is 501 g/mol. The van der Waals surface area contributed by atoms with Crippen LogP contribution in [0.15, 0.2) is 23.1 Å². The molecule has 0 saturated carbocycles. The Morgan fingerprint density at radius 1 is 1.07 bits per heavy atom. The van der Waals surface area contributed by atoms with Gasteiger partial charge in [-0.15, -0.1) is 37.2 Å². The Bertz CT molecular complexity index is 913. The predicted molar refractivity (Wildman–Crippen MR) is 125 cm³/mol.